The molecule has 0 saturated carbocycles. The van der Waals surface area contributed by atoms with Crippen LogP contribution in [0.15, 0.2) is 18.2 Å². The van der Waals surface area contributed by atoms with Gasteiger partial charge in [-0.05, 0) is 18.6 Å². The Kier molecular flexibility index (Phi) is 3.54. The van der Waals surface area contributed by atoms with Gasteiger partial charge in [-0.2, -0.15) is 0 Å². The third kappa shape index (κ3) is 3.77. The van der Waals surface area contributed by atoms with Crippen LogP contribution in [0.4, 0.5) is 11.4 Å². The largest absolute Gasteiger partial charge is 0.397 e. The molecule has 84 valence electrons. The minimum atomic E-state index is -3.42. The molecule has 1 rings (SSSR count). The van der Waals surface area contributed by atoms with Gasteiger partial charge in [0.05, 0.1) is 17.1 Å². The monoisotopic (exact) mass is 229 g/mol. The SMILES string of the molecule is Cc1cccc(NCCS(N)(=O)=O)c1N. The van der Waals surface area contributed by atoms with Crippen molar-refractivity contribution in [3.63, 3.8) is 0 Å². The fourth-order valence-corrected chi connectivity index (χ4v) is 1.55. The van der Waals surface area contributed by atoms with E-state index in [1.54, 1.807) is 6.07 Å². The Hall–Kier alpha value is -1.27. The van der Waals surface area contributed by atoms with E-state index in [0.29, 0.717) is 5.69 Å². The Labute approximate surface area is 89.5 Å². The van der Waals surface area contributed by atoms with Crippen molar-refractivity contribution in [1.82, 2.24) is 0 Å². The minimum Gasteiger partial charge on any atom is -0.397 e. The summed E-state index contributed by atoms with van der Waals surface area (Å²) in [5, 5.41) is 7.79. The fraction of sp³-hybridized carbons (Fsp3) is 0.333. The van der Waals surface area contributed by atoms with Crippen molar-refractivity contribution in [2.24, 2.45) is 5.14 Å². The molecule has 0 atom stereocenters. The number of nitrogens with one attached hydrogen (secondary N) is 1. The van der Waals surface area contributed by atoms with Crippen molar-refractivity contribution in [1.29, 1.82) is 0 Å². The molecule has 5 nitrogen and oxygen atoms in total. The average molecular weight is 229 g/mol. The summed E-state index contributed by atoms with van der Waals surface area (Å²) in [5.74, 6) is -0.111. The number of anilines is 2. The average Bonchev–Trinajstić information content (AvgIpc) is 2.10. The number of nitrogens with two attached hydrogens (primary N) is 2. The van der Waals surface area contributed by atoms with E-state index in [4.69, 9.17) is 10.9 Å². The molecule has 0 radical (unpaired) electrons. The molecule has 0 aliphatic rings. The van der Waals surface area contributed by atoms with Crippen LogP contribution in [0.25, 0.3) is 0 Å². The van der Waals surface area contributed by atoms with Gasteiger partial charge in [-0.1, -0.05) is 12.1 Å². The van der Waals surface area contributed by atoms with Gasteiger partial charge in [0, 0.05) is 6.54 Å². The van der Waals surface area contributed by atoms with E-state index < -0.39 is 10.0 Å². The minimum absolute atomic E-state index is 0.111. The molecule has 0 saturated heterocycles. The van der Waals surface area contributed by atoms with Gasteiger partial charge in [-0.25, -0.2) is 13.6 Å². The van der Waals surface area contributed by atoms with Gasteiger partial charge >= 0.3 is 0 Å². The predicted molar refractivity (Wildman–Crippen MR) is 62.1 cm³/mol. The number of sulfonamides is 1. The first-order chi connectivity index (χ1) is 6.90. The number of primary sulfonamides is 1. The van der Waals surface area contributed by atoms with E-state index in [1.165, 1.54) is 0 Å². The summed E-state index contributed by atoms with van der Waals surface area (Å²) in [4.78, 5) is 0. The zero-order valence-corrected chi connectivity index (χ0v) is 9.34. The highest BCUT2D eigenvalue weighted by molar-refractivity contribution is 7.89. The van der Waals surface area contributed by atoms with E-state index in [-0.39, 0.29) is 12.3 Å². The maximum Gasteiger partial charge on any atom is 0.210 e. The number of hydrogen-bond acceptors (Lipinski definition) is 4. The first-order valence-electron chi connectivity index (χ1n) is 4.49. The summed E-state index contributed by atoms with van der Waals surface area (Å²) in [6.45, 7) is 2.15. The normalized spacial score (nSPS) is 11.3. The molecule has 0 bridgehead atoms. The fourth-order valence-electron chi connectivity index (χ4n) is 1.16. The van der Waals surface area contributed by atoms with Crippen LogP contribution in [0.2, 0.25) is 0 Å². The van der Waals surface area contributed by atoms with Gasteiger partial charge < -0.3 is 11.1 Å². The Morgan fingerprint density at radius 2 is 2.07 bits per heavy atom. The Bertz CT molecular complexity index is 443. The second-order valence-corrected chi connectivity index (χ2v) is 5.06. The molecule has 15 heavy (non-hydrogen) atoms. The lowest BCUT2D eigenvalue weighted by Crippen LogP contribution is -2.22. The Balaban J connectivity index is 2.62. The van der Waals surface area contributed by atoms with E-state index in [1.807, 2.05) is 19.1 Å². The van der Waals surface area contributed by atoms with Gasteiger partial charge in [-0.3, -0.25) is 0 Å². The molecule has 0 unspecified atom stereocenters. The zero-order chi connectivity index (χ0) is 11.5. The molecule has 1 aromatic carbocycles. The van der Waals surface area contributed by atoms with Crippen molar-refractivity contribution >= 4 is 21.4 Å². The van der Waals surface area contributed by atoms with Crippen LogP contribution < -0.4 is 16.2 Å². The molecule has 0 aliphatic heterocycles. The molecule has 0 heterocycles. The van der Waals surface area contributed by atoms with Crippen LogP contribution in [0.1, 0.15) is 5.56 Å². The van der Waals surface area contributed by atoms with Gasteiger partial charge in [0.15, 0.2) is 0 Å². The maximum atomic E-state index is 10.7. The first kappa shape index (κ1) is 11.8. The number of rotatable bonds is 4. The summed E-state index contributed by atoms with van der Waals surface area (Å²) < 4.78 is 21.4. The number of aryl methyl sites for hydroxylation is 1. The molecular formula is C9H15N3O2S. The quantitative estimate of drug-likeness (QED) is 0.646. The van der Waals surface area contributed by atoms with Crippen LogP contribution in [0.5, 0.6) is 0 Å². The molecule has 1 aromatic rings. The van der Waals surface area contributed by atoms with E-state index in [2.05, 4.69) is 5.32 Å². The lowest BCUT2D eigenvalue weighted by atomic mass is 10.2. The molecule has 0 amide bonds. The number of benzene rings is 1. The van der Waals surface area contributed by atoms with Crippen LogP contribution in [-0.4, -0.2) is 20.7 Å². The summed E-state index contributed by atoms with van der Waals surface area (Å²) in [7, 11) is -3.42. The maximum absolute atomic E-state index is 10.7. The standard InChI is InChI=1S/C9H15N3O2S/c1-7-3-2-4-8(9(7)10)12-5-6-15(11,13)14/h2-4,12H,5-6,10H2,1H3,(H2,11,13,14). The lowest BCUT2D eigenvalue weighted by molar-refractivity contribution is 0.598. The third-order valence-corrected chi connectivity index (χ3v) is 2.80. The van der Waals surface area contributed by atoms with Crippen LogP contribution >= 0.6 is 0 Å². The summed E-state index contributed by atoms with van der Waals surface area (Å²) in [6, 6.07) is 5.54. The highest BCUT2D eigenvalue weighted by Crippen LogP contribution is 2.21. The van der Waals surface area contributed by atoms with Crippen molar-refractivity contribution < 1.29 is 8.42 Å². The lowest BCUT2D eigenvalue weighted by Gasteiger charge is -2.10. The molecule has 0 fully saturated rings. The zero-order valence-electron chi connectivity index (χ0n) is 8.53. The van der Waals surface area contributed by atoms with E-state index >= 15 is 0 Å². The Morgan fingerprint density at radius 1 is 1.40 bits per heavy atom. The van der Waals surface area contributed by atoms with Crippen molar-refractivity contribution in [2.45, 2.75) is 6.92 Å². The second-order valence-electron chi connectivity index (χ2n) is 3.33. The summed E-state index contributed by atoms with van der Waals surface area (Å²) in [5.41, 5.74) is 8.11. The van der Waals surface area contributed by atoms with E-state index in [0.717, 1.165) is 11.3 Å². The van der Waals surface area contributed by atoms with Crippen molar-refractivity contribution in [3.05, 3.63) is 23.8 Å². The second kappa shape index (κ2) is 4.50. The van der Waals surface area contributed by atoms with Gasteiger partial charge in [0.2, 0.25) is 10.0 Å². The number of para-hydroxylation sites is 1. The van der Waals surface area contributed by atoms with Gasteiger partial charge in [-0.15, -0.1) is 0 Å². The van der Waals surface area contributed by atoms with Crippen LogP contribution in [0.3, 0.4) is 0 Å². The highest BCUT2D eigenvalue weighted by atomic mass is 32.2. The third-order valence-electron chi connectivity index (χ3n) is 2.03. The molecule has 0 spiro atoms. The highest BCUT2D eigenvalue weighted by Gasteiger charge is 2.04. The molecule has 5 N–H and O–H groups in total. The number of nitrogen functional groups attached to an aromatic ring is 1. The summed E-state index contributed by atoms with van der Waals surface area (Å²) in [6.07, 6.45) is 0. The van der Waals surface area contributed by atoms with E-state index in [9.17, 15) is 8.42 Å². The first-order valence-corrected chi connectivity index (χ1v) is 6.21. The molecule has 6 heteroatoms. The molecule has 0 aromatic heterocycles. The van der Waals surface area contributed by atoms with Crippen LogP contribution in [0, 0.1) is 6.92 Å². The Morgan fingerprint density at radius 3 is 2.67 bits per heavy atom. The molecular weight excluding hydrogens is 214 g/mol. The molecule has 0 aliphatic carbocycles. The van der Waals surface area contributed by atoms with Gasteiger partial charge in [0.25, 0.3) is 0 Å². The van der Waals surface area contributed by atoms with Gasteiger partial charge in [0.1, 0.15) is 0 Å². The van der Waals surface area contributed by atoms with Crippen molar-refractivity contribution in [3.8, 4) is 0 Å². The predicted octanol–water partition coefficient (Wildman–Crippen LogP) is 0.278. The smallest absolute Gasteiger partial charge is 0.210 e. The van der Waals surface area contributed by atoms with Crippen molar-refractivity contribution in [2.75, 3.05) is 23.3 Å². The number of hydrogen-bond donors (Lipinski definition) is 3. The van der Waals surface area contributed by atoms with Crippen LogP contribution in [-0.2, 0) is 10.0 Å². The summed E-state index contributed by atoms with van der Waals surface area (Å²) >= 11 is 0. The topological polar surface area (TPSA) is 98.2 Å².